The van der Waals surface area contributed by atoms with E-state index in [1.807, 2.05) is 0 Å². The first-order chi connectivity index (χ1) is 12.5. The molecule has 3 atom stereocenters. The molecular weight excluding hydrogens is 457 g/mol. The van der Waals surface area contributed by atoms with Gasteiger partial charge >= 0.3 is 0 Å². The van der Waals surface area contributed by atoms with Crippen LogP contribution in [0, 0.1) is 5.92 Å². The lowest BCUT2D eigenvalue weighted by molar-refractivity contribution is -0.127. The predicted molar refractivity (Wildman–Crippen MR) is 119 cm³/mol. The van der Waals surface area contributed by atoms with Gasteiger partial charge < -0.3 is 25.2 Å². The Hall–Kier alpha value is -0.610. The van der Waals surface area contributed by atoms with Crippen molar-refractivity contribution < 1.29 is 9.53 Å². The quantitative estimate of drug-likeness (QED) is 0.343. The number of amides is 1. The van der Waals surface area contributed by atoms with Crippen LogP contribution in [0.2, 0.25) is 0 Å². The SMILES string of the molecule is CN(C)C(=O)CN=C(NCC1CCOC1)NC1CC2CCCC(C1)N2C.I. The molecule has 3 aliphatic heterocycles. The van der Waals surface area contributed by atoms with Crippen LogP contribution in [0.1, 0.15) is 38.5 Å². The molecule has 3 heterocycles. The molecular formula is C19H36IN5O2. The summed E-state index contributed by atoms with van der Waals surface area (Å²) in [7, 11) is 5.81. The largest absolute Gasteiger partial charge is 0.381 e. The molecule has 0 aliphatic carbocycles. The molecule has 27 heavy (non-hydrogen) atoms. The third kappa shape index (κ3) is 6.45. The van der Waals surface area contributed by atoms with Gasteiger partial charge in [-0.15, -0.1) is 24.0 Å². The van der Waals surface area contributed by atoms with Crippen molar-refractivity contribution in [2.75, 3.05) is 47.4 Å². The number of guanidine groups is 1. The second-order valence-electron chi connectivity index (χ2n) is 8.28. The van der Waals surface area contributed by atoms with Gasteiger partial charge in [0.15, 0.2) is 5.96 Å². The number of likely N-dealkylation sites (N-methyl/N-ethyl adjacent to an activating group) is 1. The molecule has 8 heteroatoms. The van der Waals surface area contributed by atoms with Crippen LogP contribution < -0.4 is 10.6 Å². The van der Waals surface area contributed by atoms with Gasteiger partial charge in [0.2, 0.25) is 5.91 Å². The number of nitrogens with zero attached hydrogens (tertiary/aromatic N) is 3. The summed E-state index contributed by atoms with van der Waals surface area (Å²) in [6.07, 6.45) is 7.34. The van der Waals surface area contributed by atoms with E-state index in [0.29, 0.717) is 24.0 Å². The number of hydrogen-bond acceptors (Lipinski definition) is 4. The Morgan fingerprint density at radius 1 is 1.22 bits per heavy atom. The highest BCUT2D eigenvalue weighted by atomic mass is 127. The van der Waals surface area contributed by atoms with E-state index in [4.69, 9.17) is 4.74 Å². The first-order valence-electron chi connectivity index (χ1n) is 10.1. The lowest BCUT2D eigenvalue weighted by atomic mass is 9.82. The minimum atomic E-state index is 0. The standard InChI is InChI=1S/C19H35N5O2.HI/c1-23(2)18(25)12-21-19(20-11-14-7-8-26-13-14)22-15-9-16-5-4-6-17(10-15)24(16)3;/h14-17H,4-13H2,1-3H3,(H2,20,21,22);1H. The summed E-state index contributed by atoms with van der Waals surface area (Å²) in [6, 6.07) is 1.78. The van der Waals surface area contributed by atoms with E-state index in [1.54, 1.807) is 19.0 Å². The molecule has 3 unspecified atom stereocenters. The summed E-state index contributed by atoms with van der Waals surface area (Å²) < 4.78 is 5.46. The third-order valence-electron chi connectivity index (χ3n) is 6.13. The van der Waals surface area contributed by atoms with Gasteiger partial charge in [-0.1, -0.05) is 6.42 Å². The fourth-order valence-corrected chi connectivity index (χ4v) is 4.35. The molecule has 0 aromatic carbocycles. The molecule has 1 amide bonds. The Morgan fingerprint density at radius 2 is 1.93 bits per heavy atom. The van der Waals surface area contributed by atoms with E-state index in [2.05, 4.69) is 27.6 Å². The highest BCUT2D eigenvalue weighted by Gasteiger charge is 2.36. The number of ether oxygens (including phenoxy) is 1. The summed E-state index contributed by atoms with van der Waals surface area (Å²) in [5.74, 6) is 1.33. The van der Waals surface area contributed by atoms with Crippen molar-refractivity contribution in [2.45, 2.75) is 56.7 Å². The van der Waals surface area contributed by atoms with Crippen LogP contribution in [-0.4, -0.2) is 87.2 Å². The molecule has 7 nitrogen and oxygen atoms in total. The van der Waals surface area contributed by atoms with Gasteiger partial charge in [0.1, 0.15) is 6.54 Å². The normalized spacial score (nSPS) is 31.1. The highest BCUT2D eigenvalue weighted by Crippen LogP contribution is 2.32. The number of rotatable bonds is 5. The Morgan fingerprint density at radius 3 is 2.52 bits per heavy atom. The van der Waals surface area contributed by atoms with E-state index in [9.17, 15) is 4.79 Å². The lowest BCUT2D eigenvalue weighted by Crippen LogP contribution is -2.57. The maximum absolute atomic E-state index is 11.9. The summed E-state index contributed by atoms with van der Waals surface area (Å²) in [6.45, 7) is 2.70. The molecule has 156 valence electrons. The number of halogens is 1. The van der Waals surface area contributed by atoms with Crippen molar-refractivity contribution in [3.05, 3.63) is 0 Å². The fraction of sp³-hybridized carbons (Fsp3) is 0.895. The fourth-order valence-electron chi connectivity index (χ4n) is 4.35. The van der Waals surface area contributed by atoms with Crippen LogP contribution in [0.25, 0.3) is 0 Å². The van der Waals surface area contributed by atoms with Crippen molar-refractivity contribution >= 4 is 35.8 Å². The monoisotopic (exact) mass is 493 g/mol. The summed E-state index contributed by atoms with van der Waals surface area (Å²) in [5, 5.41) is 7.08. The average Bonchev–Trinajstić information content (AvgIpc) is 3.11. The molecule has 3 saturated heterocycles. The Kier molecular flexibility index (Phi) is 9.07. The number of carbonyl (C=O) groups is 1. The number of fused-ring (bicyclic) bond motifs is 2. The maximum Gasteiger partial charge on any atom is 0.243 e. The van der Waals surface area contributed by atoms with Crippen LogP contribution in [0.5, 0.6) is 0 Å². The molecule has 3 rings (SSSR count). The first-order valence-corrected chi connectivity index (χ1v) is 10.1. The molecule has 0 aromatic heterocycles. The molecule has 0 saturated carbocycles. The minimum absolute atomic E-state index is 0. The molecule has 2 N–H and O–H groups in total. The van der Waals surface area contributed by atoms with Crippen molar-refractivity contribution in [1.82, 2.24) is 20.4 Å². The van der Waals surface area contributed by atoms with Gasteiger partial charge in [-0.3, -0.25) is 4.79 Å². The molecule has 3 fully saturated rings. The lowest BCUT2D eigenvalue weighted by Gasteiger charge is -2.47. The van der Waals surface area contributed by atoms with Crippen molar-refractivity contribution in [1.29, 1.82) is 0 Å². The second kappa shape index (κ2) is 10.8. The van der Waals surface area contributed by atoms with Crippen LogP contribution in [-0.2, 0) is 9.53 Å². The average molecular weight is 493 g/mol. The maximum atomic E-state index is 11.9. The Labute approximate surface area is 180 Å². The highest BCUT2D eigenvalue weighted by molar-refractivity contribution is 14.0. The summed E-state index contributed by atoms with van der Waals surface area (Å²) in [4.78, 5) is 20.7. The van der Waals surface area contributed by atoms with Crippen LogP contribution in [0.4, 0.5) is 0 Å². The predicted octanol–water partition coefficient (Wildman–Crippen LogP) is 1.28. The number of carbonyl (C=O) groups excluding carboxylic acids is 1. The van der Waals surface area contributed by atoms with Gasteiger partial charge in [0.25, 0.3) is 0 Å². The zero-order chi connectivity index (χ0) is 18.5. The van der Waals surface area contributed by atoms with E-state index < -0.39 is 0 Å². The minimum Gasteiger partial charge on any atom is -0.381 e. The van der Waals surface area contributed by atoms with E-state index in [0.717, 1.165) is 45.0 Å². The second-order valence-corrected chi connectivity index (χ2v) is 8.28. The van der Waals surface area contributed by atoms with Gasteiger partial charge in [-0.05, 0) is 39.2 Å². The molecule has 3 aliphatic rings. The van der Waals surface area contributed by atoms with Crippen molar-refractivity contribution in [2.24, 2.45) is 10.9 Å². The van der Waals surface area contributed by atoms with Crippen molar-refractivity contribution in [3.63, 3.8) is 0 Å². The molecule has 0 aromatic rings. The third-order valence-corrected chi connectivity index (χ3v) is 6.13. The molecule has 0 spiro atoms. The van der Waals surface area contributed by atoms with Gasteiger partial charge in [0.05, 0.1) is 6.61 Å². The number of hydrogen-bond donors (Lipinski definition) is 2. The number of piperidine rings is 2. The molecule has 0 radical (unpaired) electrons. The van der Waals surface area contributed by atoms with Gasteiger partial charge in [-0.25, -0.2) is 4.99 Å². The van der Waals surface area contributed by atoms with Crippen molar-refractivity contribution in [3.8, 4) is 0 Å². The Bertz CT molecular complexity index is 496. The summed E-state index contributed by atoms with van der Waals surface area (Å²) in [5.41, 5.74) is 0. The smallest absolute Gasteiger partial charge is 0.243 e. The number of aliphatic imine (C=N–C) groups is 1. The van der Waals surface area contributed by atoms with Crippen LogP contribution in [0.15, 0.2) is 4.99 Å². The first kappa shape index (κ1) is 22.7. The van der Waals surface area contributed by atoms with Crippen LogP contribution >= 0.6 is 24.0 Å². The van der Waals surface area contributed by atoms with Crippen LogP contribution in [0.3, 0.4) is 0 Å². The zero-order valence-corrected chi connectivity index (χ0v) is 19.3. The topological polar surface area (TPSA) is 69.2 Å². The van der Waals surface area contributed by atoms with Gasteiger partial charge in [0, 0.05) is 51.3 Å². The van der Waals surface area contributed by atoms with Gasteiger partial charge in [-0.2, -0.15) is 0 Å². The molecule has 2 bridgehead atoms. The van der Waals surface area contributed by atoms with E-state index in [1.165, 1.54) is 19.3 Å². The Balaban J connectivity index is 0.00000261. The van der Waals surface area contributed by atoms with E-state index in [-0.39, 0.29) is 36.4 Å². The van der Waals surface area contributed by atoms with E-state index >= 15 is 0 Å². The number of nitrogens with one attached hydrogen (secondary N) is 2. The summed E-state index contributed by atoms with van der Waals surface area (Å²) >= 11 is 0. The zero-order valence-electron chi connectivity index (χ0n) is 16.9.